The van der Waals surface area contributed by atoms with Crippen LogP contribution < -0.4 is 4.74 Å². The lowest BCUT2D eigenvalue weighted by molar-refractivity contribution is 0.0739. The predicted molar refractivity (Wildman–Crippen MR) is 118 cm³/mol. The highest BCUT2D eigenvalue weighted by Crippen LogP contribution is 2.35. The van der Waals surface area contributed by atoms with E-state index >= 15 is 0 Å². The van der Waals surface area contributed by atoms with E-state index in [0.717, 1.165) is 27.3 Å². The van der Waals surface area contributed by atoms with Gasteiger partial charge in [-0.25, -0.2) is 4.79 Å². The zero-order valence-corrected chi connectivity index (χ0v) is 16.7. The van der Waals surface area contributed by atoms with E-state index in [-0.39, 0.29) is 5.97 Å². The topological polar surface area (TPSA) is 26.3 Å². The molecule has 0 unspecified atom stereocenters. The first-order valence-electron chi connectivity index (χ1n) is 9.62. The van der Waals surface area contributed by atoms with E-state index in [1.54, 1.807) is 0 Å². The van der Waals surface area contributed by atoms with Gasteiger partial charge in [-0.15, -0.1) is 11.8 Å². The van der Waals surface area contributed by atoms with Crippen molar-refractivity contribution in [2.45, 2.75) is 24.7 Å². The van der Waals surface area contributed by atoms with E-state index in [1.165, 1.54) is 17.7 Å². The zero-order chi connectivity index (χ0) is 19.3. The Hall–Kier alpha value is -2.78. The molecule has 0 heterocycles. The molecule has 28 heavy (non-hydrogen) atoms. The first kappa shape index (κ1) is 18.6. The zero-order valence-electron chi connectivity index (χ0n) is 15.9. The number of benzene rings is 4. The van der Waals surface area contributed by atoms with E-state index in [0.29, 0.717) is 11.3 Å². The van der Waals surface area contributed by atoms with Gasteiger partial charge in [0.05, 0.1) is 5.56 Å². The number of fused-ring (bicyclic) bond motifs is 2. The van der Waals surface area contributed by atoms with Gasteiger partial charge in [0.2, 0.25) is 0 Å². The Morgan fingerprint density at radius 3 is 2.36 bits per heavy atom. The summed E-state index contributed by atoms with van der Waals surface area (Å²) < 4.78 is 5.85. The van der Waals surface area contributed by atoms with Crippen molar-refractivity contribution in [1.29, 1.82) is 0 Å². The Balaban J connectivity index is 1.68. The molecule has 0 aromatic heterocycles. The van der Waals surface area contributed by atoms with Crippen LogP contribution in [0.3, 0.4) is 0 Å². The second-order valence-corrected chi connectivity index (χ2v) is 7.86. The van der Waals surface area contributed by atoms with E-state index in [9.17, 15) is 4.79 Å². The fourth-order valence-corrected chi connectivity index (χ4v) is 4.49. The van der Waals surface area contributed by atoms with Crippen LogP contribution in [-0.4, -0.2) is 11.7 Å². The van der Waals surface area contributed by atoms with Crippen LogP contribution in [0.4, 0.5) is 0 Å². The molecule has 0 aliphatic carbocycles. The predicted octanol–water partition coefficient (Wildman–Crippen LogP) is 7.10. The lowest BCUT2D eigenvalue weighted by atomic mass is 10.0. The third-order valence-electron chi connectivity index (χ3n) is 4.81. The van der Waals surface area contributed by atoms with Crippen LogP contribution in [0.2, 0.25) is 0 Å². The summed E-state index contributed by atoms with van der Waals surface area (Å²) >= 11 is 1.86. The van der Waals surface area contributed by atoms with Gasteiger partial charge in [-0.1, -0.05) is 74.0 Å². The summed E-state index contributed by atoms with van der Waals surface area (Å²) in [4.78, 5) is 14.2. The van der Waals surface area contributed by atoms with Crippen molar-refractivity contribution < 1.29 is 9.53 Å². The van der Waals surface area contributed by atoms with Crippen molar-refractivity contribution in [1.82, 2.24) is 0 Å². The Morgan fingerprint density at radius 2 is 1.54 bits per heavy atom. The average Bonchev–Trinajstić information content (AvgIpc) is 2.75. The highest BCUT2D eigenvalue weighted by Gasteiger charge is 2.15. The smallest absolute Gasteiger partial charge is 0.344 e. The van der Waals surface area contributed by atoms with Crippen molar-refractivity contribution in [2.75, 3.05) is 5.75 Å². The molecular weight excluding hydrogens is 364 g/mol. The molecule has 4 rings (SSSR count). The number of carbonyl (C=O) groups is 1. The van der Waals surface area contributed by atoms with Crippen LogP contribution in [-0.2, 0) is 0 Å². The van der Waals surface area contributed by atoms with Crippen LogP contribution >= 0.6 is 11.8 Å². The summed E-state index contributed by atoms with van der Waals surface area (Å²) in [5.41, 5.74) is 0.587. The number of thioether (sulfide) groups is 1. The molecule has 0 aliphatic heterocycles. The van der Waals surface area contributed by atoms with Crippen LogP contribution in [0.25, 0.3) is 21.5 Å². The molecule has 0 saturated carbocycles. The lowest BCUT2D eigenvalue weighted by Crippen LogP contribution is -2.09. The van der Waals surface area contributed by atoms with E-state index in [2.05, 4.69) is 19.1 Å². The Labute approximate surface area is 169 Å². The Kier molecular flexibility index (Phi) is 5.63. The fourth-order valence-electron chi connectivity index (χ4n) is 3.34. The molecule has 3 heteroatoms. The molecule has 0 aliphatic rings. The third kappa shape index (κ3) is 3.76. The van der Waals surface area contributed by atoms with Gasteiger partial charge < -0.3 is 4.74 Å². The summed E-state index contributed by atoms with van der Waals surface area (Å²) in [6.07, 6.45) is 2.38. The van der Waals surface area contributed by atoms with Crippen molar-refractivity contribution >= 4 is 39.3 Å². The van der Waals surface area contributed by atoms with Crippen LogP contribution in [0.5, 0.6) is 5.75 Å². The molecule has 0 saturated heterocycles. The minimum atomic E-state index is -0.326. The minimum Gasteiger partial charge on any atom is -0.422 e. The lowest BCUT2D eigenvalue weighted by Gasteiger charge is -2.12. The first-order valence-corrected chi connectivity index (χ1v) is 10.6. The van der Waals surface area contributed by atoms with Crippen LogP contribution in [0, 0.1) is 0 Å². The SMILES string of the molecule is CCCCSc1ccc(OC(=O)c2cccc3ccccc23)c2ccccc12. The third-order valence-corrected chi connectivity index (χ3v) is 5.97. The van der Waals surface area contributed by atoms with Gasteiger partial charge in [0, 0.05) is 10.3 Å². The van der Waals surface area contributed by atoms with Gasteiger partial charge in [0.25, 0.3) is 0 Å². The molecule has 4 aromatic rings. The molecule has 2 nitrogen and oxygen atoms in total. The number of unbranched alkanes of at least 4 members (excludes halogenated alkanes) is 1. The first-order chi connectivity index (χ1) is 13.8. The largest absolute Gasteiger partial charge is 0.422 e. The van der Waals surface area contributed by atoms with Gasteiger partial charge in [-0.2, -0.15) is 0 Å². The van der Waals surface area contributed by atoms with Gasteiger partial charge >= 0.3 is 5.97 Å². The highest BCUT2D eigenvalue weighted by molar-refractivity contribution is 7.99. The number of hydrogen-bond donors (Lipinski definition) is 0. The van der Waals surface area contributed by atoms with Crippen molar-refractivity contribution in [3.05, 3.63) is 84.4 Å². The molecule has 0 atom stereocenters. The Bertz CT molecular complexity index is 1130. The molecule has 4 aromatic carbocycles. The maximum Gasteiger partial charge on any atom is 0.344 e. The highest BCUT2D eigenvalue weighted by atomic mass is 32.2. The van der Waals surface area contributed by atoms with Crippen molar-refractivity contribution in [2.24, 2.45) is 0 Å². The summed E-state index contributed by atoms with van der Waals surface area (Å²) in [5.74, 6) is 1.37. The van der Waals surface area contributed by atoms with Gasteiger partial charge in [0.1, 0.15) is 5.75 Å². The number of carbonyl (C=O) groups excluding carboxylic acids is 1. The van der Waals surface area contributed by atoms with E-state index in [1.807, 2.05) is 78.5 Å². The normalized spacial score (nSPS) is 11.0. The maximum absolute atomic E-state index is 12.9. The molecule has 0 N–H and O–H groups in total. The summed E-state index contributed by atoms with van der Waals surface area (Å²) in [6.45, 7) is 2.20. The molecule has 0 fully saturated rings. The molecule has 0 radical (unpaired) electrons. The van der Waals surface area contributed by atoms with Gasteiger partial charge in [-0.3, -0.25) is 0 Å². The molecule has 0 spiro atoms. The van der Waals surface area contributed by atoms with Crippen LogP contribution in [0.1, 0.15) is 30.1 Å². The van der Waals surface area contributed by atoms with Crippen molar-refractivity contribution in [3.63, 3.8) is 0 Å². The van der Waals surface area contributed by atoms with E-state index < -0.39 is 0 Å². The molecule has 0 amide bonds. The quantitative estimate of drug-likeness (QED) is 0.153. The standard InChI is InChI=1S/C25H22O2S/c1-2-3-17-28-24-16-15-23(20-12-6-7-13-21(20)24)27-25(26)22-14-8-10-18-9-4-5-11-19(18)22/h4-16H,2-3,17H2,1H3. The second kappa shape index (κ2) is 8.49. The maximum atomic E-state index is 12.9. The summed E-state index contributed by atoms with van der Waals surface area (Å²) in [7, 11) is 0. The van der Waals surface area contributed by atoms with Crippen molar-refractivity contribution in [3.8, 4) is 5.75 Å². The number of esters is 1. The molecule has 140 valence electrons. The van der Waals surface area contributed by atoms with E-state index in [4.69, 9.17) is 4.74 Å². The van der Waals surface area contributed by atoms with Gasteiger partial charge in [0.15, 0.2) is 0 Å². The number of ether oxygens (including phenoxy) is 1. The Morgan fingerprint density at radius 1 is 0.821 bits per heavy atom. The monoisotopic (exact) mass is 386 g/mol. The fraction of sp³-hybridized carbons (Fsp3) is 0.160. The number of hydrogen-bond acceptors (Lipinski definition) is 3. The molecule has 0 bridgehead atoms. The minimum absolute atomic E-state index is 0.326. The average molecular weight is 387 g/mol. The van der Waals surface area contributed by atoms with Crippen LogP contribution in [0.15, 0.2) is 83.8 Å². The summed E-state index contributed by atoms with van der Waals surface area (Å²) in [6, 6.07) is 25.7. The van der Waals surface area contributed by atoms with Gasteiger partial charge in [-0.05, 0) is 46.5 Å². The second-order valence-electron chi connectivity index (χ2n) is 6.73. The number of rotatable bonds is 6. The molecular formula is C25H22O2S. The summed E-state index contributed by atoms with van der Waals surface area (Å²) in [5, 5.41) is 4.04.